The first-order valence-electron chi connectivity index (χ1n) is 5.75. The minimum absolute atomic E-state index is 0.0883. The van der Waals surface area contributed by atoms with E-state index in [1.54, 1.807) is 0 Å². The Morgan fingerprint density at radius 1 is 1.31 bits per heavy atom. The zero-order valence-corrected chi connectivity index (χ0v) is 10.1. The van der Waals surface area contributed by atoms with Gasteiger partial charge in [-0.1, -0.05) is 25.1 Å². The molecule has 88 valence electrons. The predicted octanol–water partition coefficient (Wildman–Crippen LogP) is 1.81. The van der Waals surface area contributed by atoms with E-state index in [4.69, 9.17) is 5.73 Å². The SMILES string of the molecule is CCCN(CCN)C(=O)c1ccccc1C. The molecule has 0 aliphatic rings. The lowest BCUT2D eigenvalue weighted by molar-refractivity contribution is 0.0759. The smallest absolute Gasteiger partial charge is 0.254 e. The topological polar surface area (TPSA) is 46.3 Å². The second-order valence-electron chi connectivity index (χ2n) is 3.90. The Kier molecular flexibility index (Phi) is 4.99. The van der Waals surface area contributed by atoms with Crippen molar-refractivity contribution < 1.29 is 4.79 Å². The van der Waals surface area contributed by atoms with Crippen LogP contribution in [0.15, 0.2) is 24.3 Å². The summed E-state index contributed by atoms with van der Waals surface area (Å²) in [5.41, 5.74) is 7.32. The van der Waals surface area contributed by atoms with Crippen molar-refractivity contribution in [1.29, 1.82) is 0 Å². The Bertz CT molecular complexity index is 344. The number of hydrogen-bond acceptors (Lipinski definition) is 2. The highest BCUT2D eigenvalue weighted by Crippen LogP contribution is 2.10. The van der Waals surface area contributed by atoms with Crippen LogP contribution in [-0.4, -0.2) is 30.4 Å². The molecule has 0 aliphatic heterocycles. The molecule has 0 unspecified atom stereocenters. The molecule has 16 heavy (non-hydrogen) atoms. The second-order valence-corrected chi connectivity index (χ2v) is 3.90. The molecule has 1 rings (SSSR count). The quantitative estimate of drug-likeness (QED) is 0.822. The maximum Gasteiger partial charge on any atom is 0.254 e. The number of amides is 1. The molecule has 3 heteroatoms. The molecular formula is C13H20N2O. The zero-order chi connectivity index (χ0) is 12.0. The van der Waals surface area contributed by atoms with Gasteiger partial charge in [-0.15, -0.1) is 0 Å². The Morgan fingerprint density at radius 2 is 2.00 bits per heavy atom. The van der Waals surface area contributed by atoms with Gasteiger partial charge >= 0.3 is 0 Å². The van der Waals surface area contributed by atoms with Crippen LogP contribution in [0.25, 0.3) is 0 Å². The van der Waals surface area contributed by atoms with E-state index in [1.807, 2.05) is 36.1 Å². The summed E-state index contributed by atoms with van der Waals surface area (Å²) in [6.45, 7) is 5.93. The van der Waals surface area contributed by atoms with Crippen LogP contribution in [0.1, 0.15) is 29.3 Å². The molecular weight excluding hydrogens is 200 g/mol. The molecule has 3 nitrogen and oxygen atoms in total. The molecule has 1 aromatic carbocycles. The summed E-state index contributed by atoms with van der Waals surface area (Å²) >= 11 is 0. The average molecular weight is 220 g/mol. The lowest BCUT2D eigenvalue weighted by Gasteiger charge is -2.22. The molecule has 0 aromatic heterocycles. The van der Waals surface area contributed by atoms with Crippen molar-refractivity contribution >= 4 is 5.91 Å². The molecule has 0 spiro atoms. The number of hydrogen-bond donors (Lipinski definition) is 1. The standard InChI is InChI=1S/C13H20N2O/c1-3-9-15(10-8-14)13(16)12-7-5-4-6-11(12)2/h4-7H,3,8-10,14H2,1-2H3. The Balaban J connectivity index is 2.85. The second kappa shape index (κ2) is 6.28. The highest BCUT2D eigenvalue weighted by Gasteiger charge is 2.15. The van der Waals surface area contributed by atoms with E-state index in [0.29, 0.717) is 13.1 Å². The fraction of sp³-hybridized carbons (Fsp3) is 0.462. The number of benzene rings is 1. The lowest BCUT2D eigenvalue weighted by Crippen LogP contribution is -2.36. The highest BCUT2D eigenvalue weighted by atomic mass is 16.2. The van der Waals surface area contributed by atoms with Crippen molar-refractivity contribution in [3.05, 3.63) is 35.4 Å². The first-order valence-corrected chi connectivity index (χ1v) is 5.75. The summed E-state index contributed by atoms with van der Waals surface area (Å²) in [4.78, 5) is 14.0. The fourth-order valence-electron chi connectivity index (χ4n) is 1.72. The van der Waals surface area contributed by atoms with E-state index in [0.717, 1.165) is 24.1 Å². The third-order valence-electron chi connectivity index (χ3n) is 2.56. The minimum Gasteiger partial charge on any atom is -0.337 e. The van der Waals surface area contributed by atoms with Gasteiger partial charge in [0.1, 0.15) is 0 Å². The summed E-state index contributed by atoms with van der Waals surface area (Å²) in [6, 6.07) is 7.67. The van der Waals surface area contributed by atoms with Gasteiger partial charge in [-0.2, -0.15) is 0 Å². The van der Waals surface area contributed by atoms with Crippen LogP contribution in [-0.2, 0) is 0 Å². The molecule has 1 amide bonds. The van der Waals surface area contributed by atoms with Crippen molar-refractivity contribution in [1.82, 2.24) is 4.90 Å². The van der Waals surface area contributed by atoms with Gasteiger partial charge in [-0.25, -0.2) is 0 Å². The van der Waals surface area contributed by atoms with Crippen LogP contribution in [0.5, 0.6) is 0 Å². The first-order chi connectivity index (χ1) is 7.70. The van der Waals surface area contributed by atoms with E-state index in [2.05, 4.69) is 6.92 Å². The molecule has 1 aromatic rings. The molecule has 0 saturated heterocycles. The third kappa shape index (κ3) is 3.07. The summed E-state index contributed by atoms with van der Waals surface area (Å²) in [5, 5.41) is 0. The van der Waals surface area contributed by atoms with Gasteiger partial charge in [0.25, 0.3) is 5.91 Å². The van der Waals surface area contributed by atoms with Crippen molar-refractivity contribution in [2.24, 2.45) is 5.73 Å². The monoisotopic (exact) mass is 220 g/mol. The van der Waals surface area contributed by atoms with Gasteiger partial charge in [0.15, 0.2) is 0 Å². The van der Waals surface area contributed by atoms with E-state index < -0.39 is 0 Å². The molecule has 0 heterocycles. The molecule has 0 fully saturated rings. The van der Waals surface area contributed by atoms with E-state index >= 15 is 0 Å². The number of rotatable bonds is 5. The molecule has 2 N–H and O–H groups in total. The number of aryl methyl sites for hydroxylation is 1. The van der Waals surface area contributed by atoms with Crippen LogP contribution >= 0.6 is 0 Å². The normalized spacial score (nSPS) is 10.2. The summed E-state index contributed by atoms with van der Waals surface area (Å²) in [5.74, 6) is 0.0883. The number of nitrogens with zero attached hydrogens (tertiary/aromatic N) is 1. The Morgan fingerprint density at radius 3 is 2.56 bits per heavy atom. The Hall–Kier alpha value is -1.35. The van der Waals surface area contributed by atoms with Crippen molar-refractivity contribution in [2.45, 2.75) is 20.3 Å². The van der Waals surface area contributed by atoms with Gasteiger partial charge in [0, 0.05) is 25.2 Å². The number of carbonyl (C=O) groups excluding carboxylic acids is 1. The minimum atomic E-state index is 0.0883. The van der Waals surface area contributed by atoms with Crippen molar-refractivity contribution in [3.8, 4) is 0 Å². The summed E-state index contributed by atoms with van der Waals surface area (Å²) in [6.07, 6.45) is 0.956. The van der Waals surface area contributed by atoms with E-state index in [-0.39, 0.29) is 5.91 Å². The van der Waals surface area contributed by atoms with Gasteiger partial charge < -0.3 is 10.6 Å². The molecule has 0 saturated carbocycles. The molecule has 0 bridgehead atoms. The summed E-state index contributed by atoms with van der Waals surface area (Å²) < 4.78 is 0. The maximum atomic E-state index is 12.2. The van der Waals surface area contributed by atoms with Gasteiger partial charge in [0.2, 0.25) is 0 Å². The van der Waals surface area contributed by atoms with E-state index in [9.17, 15) is 4.79 Å². The maximum absolute atomic E-state index is 12.2. The predicted molar refractivity (Wildman–Crippen MR) is 66.4 cm³/mol. The highest BCUT2D eigenvalue weighted by molar-refractivity contribution is 5.95. The molecule has 0 atom stereocenters. The van der Waals surface area contributed by atoms with Crippen LogP contribution in [0.4, 0.5) is 0 Å². The van der Waals surface area contributed by atoms with Crippen LogP contribution in [0.2, 0.25) is 0 Å². The number of nitrogens with two attached hydrogens (primary N) is 1. The summed E-state index contributed by atoms with van der Waals surface area (Å²) in [7, 11) is 0. The van der Waals surface area contributed by atoms with Crippen LogP contribution in [0.3, 0.4) is 0 Å². The zero-order valence-electron chi connectivity index (χ0n) is 10.1. The fourth-order valence-corrected chi connectivity index (χ4v) is 1.72. The molecule has 0 radical (unpaired) electrons. The lowest BCUT2D eigenvalue weighted by atomic mass is 10.1. The van der Waals surface area contributed by atoms with Crippen molar-refractivity contribution in [2.75, 3.05) is 19.6 Å². The van der Waals surface area contributed by atoms with Gasteiger partial charge in [-0.05, 0) is 25.0 Å². The van der Waals surface area contributed by atoms with E-state index in [1.165, 1.54) is 0 Å². The third-order valence-corrected chi connectivity index (χ3v) is 2.56. The Labute approximate surface area is 97.2 Å². The number of carbonyl (C=O) groups is 1. The van der Waals surface area contributed by atoms with Gasteiger partial charge in [0.05, 0.1) is 0 Å². The average Bonchev–Trinajstić information content (AvgIpc) is 2.28. The largest absolute Gasteiger partial charge is 0.337 e. The van der Waals surface area contributed by atoms with Crippen molar-refractivity contribution in [3.63, 3.8) is 0 Å². The van der Waals surface area contributed by atoms with Crippen LogP contribution in [0, 0.1) is 6.92 Å². The van der Waals surface area contributed by atoms with Crippen LogP contribution < -0.4 is 5.73 Å². The van der Waals surface area contributed by atoms with Gasteiger partial charge in [-0.3, -0.25) is 4.79 Å². The first kappa shape index (κ1) is 12.7. The molecule has 0 aliphatic carbocycles.